The lowest BCUT2D eigenvalue weighted by atomic mass is 10.1. The average molecular weight is 232 g/mol. The molecule has 17 heavy (non-hydrogen) atoms. The summed E-state index contributed by atoms with van der Waals surface area (Å²) in [6, 6.07) is 8.26. The van der Waals surface area contributed by atoms with Crippen LogP contribution in [0.25, 0.3) is 0 Å². The van der Waals surface area contributed by atoms with Crippen LogP contribution in [0.2, 0.25) is 0 Å². The molecule has 0 aliphatic heterocycles. The Labute approximate surface area is 103 Å². The van der Waals surface area contributed by atoms with Crippen molar-refractivity contribution in [3.63, 3.8) is 0 Å². The maximum absolute atomic E-state index is 11.5. The normalized spacial score (nSPS) is 23.4. The van der Waals surface area contributed by atoms with Crippen LogP contribution in [0.5, 0.6) is 0 Å². The van der Waals surface area contributed by atoms with Gasteiger partial charge in [0.05, 0.1) is 0 Å². The quantitative estimate of drug-likeness (QED) is 0.841. The van der Waals surface area contributed by atoms with Crippen LogP contribution >= 0.6 is 0 Å². The van der Waals surface area contributed by atoms with E-state index in [1.54, 1.807) is 7.05 Å². The van der Waals surface area contributed by atoms with Crippen LogP contribution in [0.15, 0.2) is 24.3 Å². The Morgan fingerprint density at radius 1 is 1.35 bits per heavy atom. The van der Waals surface area contributed by atoms with Crippen LogP contribution < -0.4 is 10.6 Å². The van der Waals surface area contributed by atoms with Gasteiger partial charge in [0.2, 0.25) is 0 Å². The van der Waals surface area contributed by atoms with Crippen LogP contribution in [-0.4, -0.2) is 19.0 Å². The highest BCUT2D eigenvalue weighted by Gasteiger charge is 2.22. The van der Waals surface area contributed by atoms with Crippen molar-refractivity contribution in [2.75, 3.05) is 12.4 Å². The lowest BCUT2D eigenvalue weighted by Gasteiger charge is -2.19. The molecule has 1 amide bonds. The lowest BCUT2D eigenvalue weighted by Crippen LogP contribution is -2.22. The molecule has 1 aliphatic carbocycles. The molecule has 1 fully saturated rings. The third-order valence-electron chi connectivity index (χ3n) is 3.57. The van der Waals surface area contributed by atoms with Crippen molar-refractivity contribution in [3.05, 3.63) is 29.8 Å². The van der Waals surface area contributed by atoms with E-state index in [1.807, 2.05) is 24.3 Å². The summed E-state index contributed by atoms with van der Waals surface area (Å²) < 4.78 is 0. The van der Waals surface area contributed by atoms with Crippen molar-refractivity contribution in [2.45, 2.75) is 32.2 Å². The van der Waals surface area contributed by atoms with Gasteiger partial charge in [-0.1, -0.05) is 19.4 Å². The van der Waals surface area contributed by atoms with Crippen molar-refractivity contribution in [1.82, 2.24) is 5.32 Å². The largest absolute Gasteiger partial charge is 0.382 e. The highest BCUT2D eigenvalue weighted by molar-refractivity contribution is 5.94. The molecule has 1 aromatic carbocycles. The molecule has 0 heterocycles. The first-order valence-electron chi connectivity index (χ1n) is 6.29. The monoisotopic (exact) mass is 232 g/mol. The summed E-state index contributed by atoms with van der Waals surface area (Å²) in [6.45, 7) is 2.28. The molecule has 2 N–H and O–H groups in total. The molecule has 2 rings (SSSR count). The van der Waals surface area contributed by atoms with Gasteiger partial charge in [-0.15, -0.1) is 0 Å². The third kappa shape index (κ3) is 2.78. The summed E-state index contributed by atoms with van der Waals surface area (Å²) >= 11 is 0. The van der Waals surface area contributed by atoms with E-state index >= 15 is 0 Å². The molecule has 2 unspecified atom stereocenters. The van der Waals surface area contributed by atoms with E-state index < -0.39 is 0 Å². The number of anilines is 1. The van der Waals surface area contributed by atoms with Gasteiger partial charge in [-0.05, 0) is 37.0 Å². The predicted octanol–water partition coefficient (Wildman–Crippen LogP) is 2.65. The molecule has 0 saturated heterocycles. The standard InChI is InChI=1S/C14H20N2O/c1-10-5-3-8-13(10)16-12-7-4-6-11(9-12)14(17)15-2/h4,6-7,9-10,13,16H,3,5,8H2,1-2H3,(H,15,17). The second-order valence-corrected chi connectivity index (χ2v) is 4.82. The Kier molecular flexibility index (Phi) is 3.67. The second kappa shape index (κ2) is 5.21. The molecule has 1 aliphatic rings. The Morgan fingerprint density at radius 3 is 2.82 bits per heavy atom. The fraction of sp³-hybridized carbons (Fsp3) is 0.500. The van der Waals surface area contributed by atoms with Gasteiger partial charge in [0.1, 0.15) is 0 Å². The zero-order valence-electron chi connectivity index (χ0n) is 10.5. The molecule has 92 valence electrons. The van der Waals surface area contributed by atoms with Gasteiger partial charge in [0.25, 0.3) is 5.91 Å². The van der Waals surface area contributed by atoms with Crippen molar-refractivity contribution >= 4 is 11.6 Å². The van der Waals surface area contributed by atoms with E-state index in [1.165, 1.54) is 19.3 Å². The third-order valence-corrected chi connectivity index (χ3v) is 3.57. The highest BCUT2D eigenvalue weighted by Crippen LogP contribution is 2.28. The minimum Gasteiger partial charge on any atom is -0.382 e. The molecule has 1 aromatic rings. The maximum atomic E-state index is 11.5. The number of nitrogens with one attached hydrogen (secondary N) is 2. The molecular weight excluding hydrogens is 212 g/mol. The molecule has 2 atom stereocenters. The minimum atomic E-state index is -0.0341. The number of carbonyl (C=O) groups is 1. The van der Waals surface area contributed by atoms with Crippen LogP contribution in [0.4, 0.5) is 5.69 Å². The first kappa shape index (κ1) is 12.0. The van der Waals surface area contributed by atoms with Gasteiger partial charge < -0.3 is 10.6 Å². The van der Waals surface area contributed by atoms with Crippen molar-refractivity contribution in [1.29, 1.82) is 0 Å². The molecule has 0 aromatic heterocycles. The number of carbonyl (C=O) groups excluding carboxylic acids is 1. The molecule has 0 spiro atoms. The van der Waals surface area contributed by atoms with Gasteiger partial charge in [0.15, 0.2) is 0 Å². The summed E-state index contributed by atoms with van der Waals surface area (Å²) in [5.74, 6) is 0.687. The summed E-state index contributed by atoms with van der Waals surface area (Å²) in [7, 11) is 1.65. The average Bonchev–Trinajstić information content (AvgIpc) is 2.74. The number of hydrogen-bond acceptors (Lipinski definition) is 2. The Balaban J connectivity index is 2.08. The SMILES string of the molecule is CNC(=O)c1cccc(NC2CCCC2C)c1. The van der Waals surface area contributed by atoms with Gasteiger partial charge in [-0.2, -0.15) is 0 Å². The van der Waals surface area contributed by atoms with Crippen LogP contribution in [0.3, 0.4) is 0 Å². The topological polar surface area (TPSA) is 41.1 Å². The fourth-order valence-electron chi connectivity index (χ4n) is 2.47. The van der Waals surface area contributed by atoms with Crippen molar-refractivity contribution in [3.8, 4) is 0 Å². The van der Waals surface area contributed by atoms with Gasteiger partial charge in [-0.3, -0.25) is 4.79 Å². The van der Waals surface area contributed by atoms with E-state index in [-0.39, 0.29) is 5.91 Å². The fourth-order valence-corrected chi connectivity index (χ4v) is 2.47. The zero-order valence-corrected chi connectivity index (χ0v) is 10.5. The summed E-state index contributed by atoms with van der Waals surface area (Å²) in [5.41, 5.74) is 1.76. The van der Waals surface area contributed by atoms with E-state index in [9.17, 15) is 4.79 Å². The molecule has 0 radical (unpaired) electrons. The van der Waals surface area contributed by atoms with E-state index in [0.29, 0.717) is 11.6 Å². The molecule has 0 bridgehead atoms. The zero-order chi connectivity index (χ0) is 12.3. The molecule has 3 nitrogen and oxygen atoms in total. The summed E-state index contributed by atoms with van der Waals surface area (Å²) in [6.07, 6.45) is 3.83. The highest BCUT2D eigenvalue weighted by atomic mass is 16.1. The Hall–Kier alpha value is -1.51. The second-order valence-electron chi connectivity index (χ2n) is 4.82. The number of amides is 1. The Morgan fingerprint density at radius 2 is 2.18 bits per heavy atom. The number of hydrogen-bond donors (Lipinski definition) is 2. The molecule has 1 saturated carbocycles. The number of rotatable bonds is 3. The van der Waals surface area contributed by atoms with Gasteiger partial charge >= 0.3 is 0 Å². The minimum absolute atomic E-state index is 0.0341. The van der Waals surface area contributed by atoms with Gasteiger partial charge in [-0.25, -0.2) is 0 Å². The predicted molar refractivity (Wildman–Crippen MR) is 70.3 cm³/mol. The summed E-state index contributed by atoms with van der Waals surface area (Å²) in [5, 5.41) is 6.17. The summed E-state index contributed by atoms with van der Waals surface area (Å²) in [4.78, 5) is 11.5. The first-order chi connectivity index (χ1) is 8.20. The molecule has 3 heteroatoms. The van der Waals surface area contributed by atoms with Crippen molar-refractivity contribution < 1.29 is 4.79 Å². The first-order valence-corrected chi connectivity index (χ1v) is 6.29. The smallest absolute Gasteiger partial charge is 0.251 e. The van der Waals surface area contributed by atoms with Crippen LogP contribution in [-0.2, 0) is 0 Å². The Bertz CT molecular complexity index is 403. The van der Waals surface area contributed by atoms with E-state index in [0.717, 1.165) is 11.6 Å². The molecular formula is C14H20N2O. The van der Waals surface area contributed by atoms with E-state index in [2.05, 4.69) is 17.6 Å². The maximum Gasteiger partial charge on any atom is 0.251 e. The van der Waals surface area contributed by atoms with Crippen LogP contribution in [0.1, 0.15) is 36.5 Å². The lowest BCUT2D eigenvalue weighted by molar-refractivity contribution is 0.0963. The van der Waals surface area contributed by atoms with E-state index in [4.69, 9.17) is 0 Å². The number of benzene rings is 1. The van der Waals surface area contributed by atoms with Gasteiger partial charge in [0, 0.05) is 24.3 Å². The van der Waals surface area contributed by atoms with Crippen molar-refractivity contribution in [2.24, 2.45) is 5.92 Å². The van der Waals surface area contributed by atoms with Crippen LogP contribution in [0, 0.1) is 5.92 Å².